The van der Waals surface area contributed by atoms with Crippen LogP contribution in [0.25, 0.3) is 0 Å². The molecule has 106 valence electrons. The lowest BCUT2D eigenvalue weighted by atomic mass is 9.94. The number of ether oxygens (including phenoxy) is 1. The fourth-order valence-electron chi connectivity index (χ4n) is 2.18. The third-order valence-electron chi connectivity index (χ3n) is 3.28. The molecule has 4 N–H and O–H groups in total. The molecule has 8 nitrogen and oxygen atoms in total. The van der Waals surface area contributed by atoms with Gasteiger partial charge in [-0.3, -0.25) is 14.3 Å². The highest BCUT2D eigenvalue weighted by Gasteiger charge is 2.54. The Balaban J connectivity index is 2.45. The van der Waals surface area contributed by atoms with Crippen molar-refractivity contribution < 1.29 is 20.1 Å². The number of aliphatic hydroxyl groups is 3. The molecule has 1 aromatic rings. The number of nitrogens with zero attached hydrogens (tertiary/aromatic N) is 1. The highest BCUT2D eigenvalue weighted by molar-refractivity contribution is 5.02. The normalized spacial score (nSPS) is 36.4. The number of hydrogen-bond acceptors (Lipinski definition) is 6. The van der Waals surface area contributed by atoms with E-state index in [9.17, 15) is 24.9 Å². The number of hydrogen-bond donors (Lipinski definition) is 4. The summed E-state index contributed by atoms with van der Waals surface area (Å²) in [6.07, 6.45) is -3.45. The Bertz CT molecular complexity index is 575. The van der Waals surface area contributed by atoms with Gasteiger partial charge in [0.25, 0.3) is 5.56 Å². The zero-order valence-corrected chi connectivity index (χ0v) is 10.5. The minimum atomic E-state index is -1.77. The minimum Gasteiger partial charge on any atom is -0.391 e. The lowest BCUT2D eigenvalue weighted by Crippen LogP contribution is -2.47. The highest BCUT2D eigenvalue weighted by Crippen LogP contribution is 2.38. The monoisotopic (exact) mass is 272 g/mol. The van der Waals surface area contributed by atoms with Crippen LogP contribution in [0.2, 0.25) is 0 Å². The van der Waals surface area contributed by atoms with Crippen LogP contribution in [0.5, 0.6) is 0 Å². The summed E-state index contributed by atoms with van der Waals surface area (Å²) >= 11 is 0. The van der Waals surface area contributed by atoms with Gasteiger partial charge in [-0.1, -0.05) is 0 Å². The van der Waals surface area contributed by atoms with Crippen LogP contribution in [0.15, 0.2) is 21.9 Å². The van der Waals surface area contributed by atoms with E-state index in [4.69, 9.17) is 4.74 Å². The number of aromatic nitrogens is 2. The first-order chi connectivity index (χ1) is 8.75. The van der Waals surface area contributed by atoms with Crippen LogP contribution in [-0.2, 0) is 4.74 Å². The van der Waals surface area contributed by atoms with Crippen LogP contribution in [0.4, 0.5) is 0 Å². The Hall–Kier alpha value is -1.48. The van der Waals surface area contributed by atoms with Gasteiger partial charge in [-0.15, -0.1) is 0 Å². The first-order valence-electron chi connectivity index (χ1n) is 5.80. The molecule has 2 rings (SSSR count). The van der Waals surface area contributed by atoms with Crippen molar-refractivity contribution in [3.8, 4) is 0 Å². The predicted molar refractivity (Wildman–Crippen MR) is 63.5 cm³/mol. The molecule has 0 aromatic carbocycles. The van der Waals surface area contributed by atoms with Gasteiger partial charge in [0, 0.05) is 12.3 Å². The van der Waals surface area contributed by atoms with Crippen LogP contribution < -0.4 is 11.2 Å². The zero-order chi connectivity index (χ0) is 14.4. The van der Waals surface area contributed by atoms with Crippen molar-refractivity contribution in [2.24, 2.45) is 0 Å². The number of rotatable bonds is 2. The Labute approximate surface area is 107 Å². The Kier molecular flexibility index (Phi) is 3.35. The van der Waals surface area contributed by atoms with E-state index in [0.29, 0.717) is 0 Å². The number of aromatic amines is 1. The van der Waals surface area contributed by atoms with Gasteiger partial charge in [0.1, 0.15) is 17.8 Å². The molecule has 0 saturated carbocycles. The van der Waals surface area contributed by atoms with Crippen molar-refractivity contribution >= 4 is 0 Å². The molecule has 5 atom stereocenters. The molecule has 0 radical (unpaired) electrons. The van der Waals surface area contributed by atoms with E-state index in [1.54, 1.807) is 0 Å². The molecule has 1 aliphatic heterocycles. The molecule has 0 bridgehead atoms. The van der Waals surface area contributed by atoms with E-state index in [0.717, 1.165) is 16.8 Å². The van der Waals surface area contributed by atoms with Gasteiger partial charge in [0.15, 0.2) is 6.23 Å². The zero-order valence-electron chi connectivity index (χ0n) is 10.5. The van der Waals surface area contributed by atoms with Crippen molar-refractivity contribution in [3.63, 3.8) is 0 Å². The molecule has 1 aliphatic rings. The largest absolute Gasteiger partial charge is 0.391 e. The number of aliphatic hydroxyl groups excluding tert-OH is 2. The molecule has 1 aromatic heterocycles. The lowest BCUT2D eigenvalue weighted by Gasteiger charge is -2.27. The first kappa shape index (κ1) is 13.9. The van der Waals surface area contributed by atoms with E-state index >= 15 is 0 Å². The topological polar surface area (TPSA) is 125 Å². The maximum atomic E-state index is 11.7. The summed E-state index contributed by atoms with van der Waals surface area (Å²) in [5.74, 6) is 0. The molecule has 0 aliphatic carbocycles. The summed E-state index contributed by atoms with van der Waals surface area (Å²) in [5.41, 5.74) is -3.12. The van der Waals surface area contributed by atoms with E-state index in [1.807, 2.05) is 4.98 Å². The second-order valence-corrected chi connectivity index (χ2v) is 4.88. The van der Waals surface area contributed by atoms with Crippen molar-refractivity contribution in [1.29, 1.82) is 0 Å². The third-order valence-corrected chi connectivity index (χ3v) is 3.28. The van der Waals surface area contributed by atoms with E-state index < -0.39 is 41.4 Å². The summed E-state index contributed by atoms with van der Waals surface area (Å²) in [6, 6.07) is 1.10. The summed E-state index contributed by atoms with van der Waals surface area (Å²) in [5, 5.41) is 29.7. The van der Waals surface area contributed by atoms with Crippen LogP contribution in [0.3, 0.4) is 0 Å². The average molecular weight is 272 g/mol. The van der Waals surface area contributed by atoms with Gasteiger partial charge >= 0.3 is 5.69 Å². The van der Waals surface area contributed by atoms with Gasteiger partial charge in [-0.05, 0) is 13.8 Å². The fourth-order valence-corrected chi connectivity index (χ4v) is 2.18. The van der Waals surface area contributed by atoms with E-state index in [2.05, 4.69) is 0 Å². The lowest BCUT2D eigenvalue weighted by molar-refractivity contribution is -0.103. The minimum absolute atomic E-state index is 0.577. The Morgan fingerprint density at radius 2 is 2.16 bits per heavy atom. The maximum absolute atomic E-state index is 11.7. The Morgan fingerprint density at radius 1 is 1.53 bits per heavy atom. The second kappa shape index (κ2) is 4.57. The van der Waals surface area contributed by atoms with Crippen molar-refractivity contribution in [2.75, 3.05) is 0 Å². The third kappa shape index (κ3) is 2.23. The van der Waals surface area contributed by atoms with Crippen molar-refractivity contribution in [2.45, 2.75) is 44.0 Å². The molecule has 0 unspecified atom stereocenters. The summed E-state index contributed by atoms with van der Waals surface area (Å²) in [7, 11) is 0. The average Bonchev–Trinajstić information content (AvgIpc) is 2.52. The van der Waals surface area contributed by atoms with Crippen LogP contribution in [0.1, 0.15) is 20.1 Å². The number of H-pyrrole nitrogens is 1. The molecular weight excluding hydrogens is 256 g/mol. The molecular formula is C11H16N2O6. The smallest absolute Gasteiger partial charge is 0.330 e. The maximum Gasteiger partial charge on any atom is 0.330 e. The molecule has 8 heteroatoms. The molecule has 0 amide bonds. The van der Waals surface area contributed by atoms with Gasteiger partial charge in [-0.2, -0.15) is 0 Å². The van der Waals surface area contributed by atoms with Crippen LogP contribution >= 0.6 is 0 Å². The Morgan fingerprint density at radius 3 is 2.63 bits per heavy atom. The SMILES string of the molecule is C[C@H](O)[C@H]1O[C@@H](n2ccc(=O)[nH]c2=O)[C@](C)(O)[C@@H]1O. The molecule has 0 spiro atoms. The first-order valence-corrected chi connectivity index (χ1v) is 5.80. The van der Waals surface area contributed by atoms with Gasteiger partial charge in [-0.25, -0.2) is 4.79 Å². The summed E-state index contributed by atoms with van der Waals surface area (Å²) in [6.45, 7) is 2.70. The molecule has 19 heavy (non-hydrogen) atoms. The number of nitrogens with one attached hydrogen (secondary N) is 1. The van der Waals surface area contributed by atoms with Crippen LogP contribution in [-0.4, -0.2) is 48.8 Å². The van der Waals surface area contributed by atoms with E-state index in [-0.39, 0.29) is 0 Å². The van der Waals surface area contributed by atoms with Crippen molar-refractivity contribution in [3.05, 3.63) is 33.1 Å². The second-order valence-electron chi connectivity index (χ2n) is 4.88. The quantitative estimate of drug-likeness (QED) is 0.490. The molecule has 1 fully saturated rings. The molecule has 1 saturated heterocycles. The van der Waals surface area contributed by atoms with Crippen molar-refractivity contribution in [1.82, 2.24) is 9.55 Å². The standard InChI is InChI=1S/C11H16N2O6/c1-5(14)7-8(16)11(2,18)9(19-7)13-4-3-6(15)12-10(13)17/h3-5,7-9,14,16,18H,1-2H3,(H,12,15,17)/t5-,7+,8+,9+,11+/m0/s1. The van der Waals surface area contributed by atoms with Crippen LogP contribution in [0, 0.1) is 0 Å². The van der Waals surface area contributed by atoms with E-state index in [1.165, 1.54) is 13.8 Å². The van der Waals surface area contributed by atoms with Gasteiger partial charge in [0.2, 0.25) is 0 Å². The predicted octanol–water partition coefficient (Wildman–Crippen LogP) is -2.07. The van der Waals surface area contributed by atoms with Gasteiger partial charge in [0.05, 0.1) is 6.10 Å². The fraction of sp³-hybridized carbons (Fsp3) is 0.636. The van der Waals surface area contributed by atoms with Gasteiger partial charge < -0.3 is 20.1 Å². The summed E-state index contributed by atoms with van der Waals surface area (Å²) in [4.78, 5) is 24.7. The molecule has 2 heterocycles. The highest BCUT2D eigenvalue weighted by atomic mass is 16.6. The summed E-state index contributed by atoms with van der Waals surface area (Å²) < 4.78 is 6.31.